The van der Waals surface area contributed by atoms with E-state index in [0.717, 1.165) is 25.1 Å². The highest BCUT2D eigenvalue weighted by Crippen LogP contribution is 2.18. The first-order valence-electron chi connectivity index (χ1n) is 5.84. The Morgan fingerprint density at radius 2 is 2.06 bits per heavy atom. The largest absolute Gasteiger partial charge is 0.385 e. The van der Waals surface area contributed by atoms with E-state index in [1.807, 2.05) is 12.1 Å². The van der Waals surface area contributed by atoms with Crippen LogP contribution in [0.5, 0.6) is 0 Å². The van der Waals surface area contributed by atoms with Crippen LogP contribution in [0, 0.1) is 0 Å². The van der Waals surface area contributed by atoms with Gasteiger partial charge in [0.1, 0.15) is 6.29 Å². The molecule has 0 heterocycles. The summed E-state index contributed by atoms with van der Waals surface area (Å²) in [6.07, 6.45) is 1.48. The fraction of sp³-hybridized carbons (Fsp3) is 0.462. The molecule has 3 nitrogen and oxygen atoms in total. The predicted molar refractivity (Wildman–Crippen MR) is 69.2 cm³/mol. The van der Waals surface area contributed by atoms with Gasteiger partial charge in [-0.05, 0) is 32.0 Å². The van der Waals surface area contributed by atoms with Crippen LogP contribution in [0.4, 0.5) is 11.4 Å². The summed E-state index contributed by atoms with van der Waals surface area (Å²) >= 11 is 0. The minimum Gasteiger partial charge on any atom is -0.385 e. The Morgan fingerprint density at radius 3 is 2.69 bits per heavy atom. The number of rotatable bonds is 7. The maximum Gasteiger partial charge on any atom is 0.121 e. The molecule has 0 atom stereocenters. The summed E-state index contributed by atoms with van der Waals surface area (Å²) in [6.45, 7) is 7.01. The molecule has 0 aliphatic rings. The molecule has 0 fully saturated rings. The molecular formula is C13H20N2O. The smallest absolute Gasteiger partial charge is 0.121 e. The van der Waals surface area contributed by atoms with Crippen molar-refractivity contribution in [1.82, 2.24) is 0 Å². The second-order valence-corrected chi connectivity index (χ2v) is 3.60. The number of nitrogens with zero attached hydrogens (tertiary/aromatic N) is 1. The van der Waals surface area contributed by atoms with Crippen molar-refractivity contribution < 1.29 is 4.79 Å². The molecular weight excluding hydrogens is 200 g/mol. The number of nitrogens with one attached hydrogen (secondary N) is 1. The van der Waals surface area contributed by atoms with Crippen molar-refractivity contribution in [2.24, 2.45) is 0 Å². The molecule has 0 saturated carbocycles. The molecule has 0 saturated heterocycles. The van der Waals surface area contributed by atoms with Crippen molar-refractivity contribution in [1.29, 1.82) is 0 Å². The lowest BCUT2D eigenvalue weighted by atomic mass is 10.2. The summed E-state index contributed by atoms with van der Waals surface area (Å²) in [5, 5.41) is 3.23. The van der Waals surface area contributed by atoms with Gasteiger partial charge in [0.15, 0.2) is 0 Å². The molecule has 0 aliphatic carbocycles. The Hall–Kier alpha value is -1.51. The second kappa shape index (κ2) is 6.88. The molecule has 1 rings (SSSR count). The average molecular weight is 220 g/mol. The average Bonchev–Trinajstić information content (AvgIpc) is 2.32. The normalized spacial score (nSPS) is 9.88. The Kier molecular flexibility index (Phi) is 5.40. The van der Waals surface area contributed by atoms with Crippen LogP contribution in [-0.4, -0.2) is 25.9 Å². The summed E-state index contributed by atoms with van der Waals surface area (Å²) in [4.78, 5) is 12.5. The molecule has 1 aromatic carbocycles. The SMILES string of the molecule is CCN(CC)c1cccc(NCCC=O)c1. The first kappa shape index (κ1) is 12.6. The van der Waals surface area contributed by atoms with E-state index in [-0.39, 0.29) is 0 Å². The van der Waals surface area contributed by atoms with Gasteiger partial charge in [-0.15, -0.1) is 0 Å². The van der Waals surface area contributed by atoms with Gasteiger partial charge in [0.05, 0.1) is 0 Å². The second-order valence-electron chi connectivity index (χ2n) is 3.60. The number of carbonyl (C=O) groups is 1. The quantitative estimate of drug-likeness (QED) is 0.566. The van der Waals surface area contributed by atoms with Crippen molar-refractivity contribution in [2.75, 3.05) is 29.9 Å². The van der Waals surface area contributed by atoms with Crippen LogP contribution in [0.25, 0.3) is 0 Å². The van der Waals surface area contributed by atoms with E-state index < -0.39 is 0 Å². The predicted octanol–water partition coefficient (Wildman–Crippen LogP) is 2.53. The van der Waals surface area contributed by atoms with Gasteiger partial charge in [-0.1, -0.05) is 6.07 Å². The van der Waals surface area contributed by atoms with E-state index in [1.54, 1.807) is 0 Å². The van der Waals surface area contributed by atoms with E-state index in [9.17, 15) is 4.79 Å². The van der Waals surface area contributed by atoms with Crippen LogP contribution >= 0.6 is 0 Å². The third-order valence-corrected chi connectivity index (χ3v) is 2.57. The van der Waals surface area contributed by atoms with Gasteiger partial charge < -0.3 is 15.0 Å². The molecule has 1 N–H and O–H groups in total. The Balaban J connectivity index is 2.66. The van der Waals surface area contributed by atoms with E-state index in [2.05, 4.69) is 36.2 Å². The van der Waals surface area contributed by atoms with Crippen molar-refractivity contribution in [3.8, 4) is 0 Å². The highest BCUT2D eigenvalue weighted by molar-refractivity contribution is 5.59. The van der Waals surface area contributed by atoms with Crippen LogP contribution in [0.15, 0.2) is 24.3 Å². The molecule has 0 aromatic heterocycles. The highest BCUT2D eigenvalue weighted by Gasteiger charge is 2.01. The summed E-state index contributed by atoms with van der Waals surface area (Å²) in [6, 6.07) is 8.30. The van der Waals surface area contributed by atoms with Crippen LogP contribution < -0.4 is 10.2 Å². The van der Waals surface area contributed by atoms with Crippen molar-refractivity contribution in [3.63, 3.8) is 0 Å². The molecule has 3 heteroatoms. The number of benzene rings is 1. The Bertz CT molecular complexity index is 321. The zero-order chi connectivity index (χ0) is 11.8. The van der Waals surface area contributed by atoms with Crippen LogP contribution in [-0.2, 0) is 4.79 Å². The van der Waals surface area contributed by atoms with Crippen LogP contribution in [0.2, 0.25) is 0 Å². The standard InChI is InChI=1S/C13H20N2O/c1-3-15(4-2)13-8-5-7-12(11-13)14-9-6-10-16/h5,7-8,10-11,14H,3-4,6,9H2,1-2H3. The monoisotopic (exact) mass is 220 g/mol. The van der Waals surface area contributed by atoms with Gasteiger partial charge in [0, 0.05) is 37.4 Å². The van der Waals surface area contributed by atoms with E-state index in [1.165, 1.54) is 5.69 Å². The van der Waals surface area contributed by atoms with E-state index in [4.69, 9.17) is 0 Å². The van der Waals surface area contributed by atoms with E-state index >= 15 is 0 Å². The lowest BCUT2D eigenvalue weighted by molar-refractivity contribution is -0.107. The van der Waals surface area contributed by atoms with Crippen LogP contribution in [0.1, 0.15) is 20.3 Å². The van der Waals surface area contributed by atoms with E-state index in [0.29, 0.717) is 13.0 Å². The molecule has 88 valence electrons. The first-order chi connectivity index (χ1) is 7.81. The molecule has 0 aliphatic heterocycles. The fourth-order valence-electron chi connectivity index (χ4n) is 1.68. The molecule has 1 aromatic rings. The van der Waals surface area contributed by atoms with Gasteiger partial charge in [-0.25, -0.2) is 0 Å². The highest BCUT2D eigenvalue weighted by atomic mass is 16.1. The molecule has 0 spiro atoms. The topological polar surface area (TPSA) is 32.3 Å². The number of hydrogen-bond acceptors (Lipinski definition) is 3. The lowest BCUT2D eigenvalue weighted by Crippen LogP contribution is -2.21. The summed E-state index contributed by atoms with van der Waals surface area (Å²) in [5.74, 6) is 0. The van der Waals surface area contributed by atoms with Gasteiger partial charge >= 0.3 is 0 Å². The van der Waals surface area contributed by atoms with Crippen molar-refractivity contribution >= 4 is 17.7 Å². The fourth-order valence-corrected chi connectivity index (χ4v) is 1.68. The molecule has 0 amide bonds. The summed E-state index contributed by atoms with van der Waals surface area (Å²) < 4.78 is 0. The minimum absolute atomic E-state index is 0.551. The maximum absolute atomic E-state index is 10.2. The van der Waals surface area contributed by atoms with Gasteiger partial charge in [-0.2, -0.15) is 0 Å². The molecule has 0 bridgehead atoms. The Labute approximate surface area is 97.5 Å². The number of anilines is 2. The zero-order valence-electron chi connectivity index (χ0n) is 10.1. The molecule has 0 unspecified atom stereocenters. The van der Waals surface area contributed by atoms with Gasteiger partial charge in [0.25, 0.3) is 0 Å². The summed E-state index contributed by atoms with van der Waals surface area (Å²) in [7, 11) is 0. The summed E-state index contributed by atoms with van der Waals surface area (Å²) in [5.41, 5.74) is 2.30. The lowest BCUT2D eigenvalue weighted by Gasteiger charge is -2.21. The number of carbonyl (C=O) groups excluding carboxylic acids is 1. The van der Waals surface area contributed by atoms with Crippen molar-refractivity contribution in [2.45, 2.75) is 20.3 Å². The van der Waals surface area contributed by atoms with Gasteiger partial charge in [-0.3, -0.25) is 0 Å². The third kappa shape index (κ3) is 3.57. The first-order valence-corrected chi connectivity index (χ1v) is 5.84. The Morgan fingerprint density at radius 1 is 1.31 bits per heavy atom. The van der Waals surface area contributed by atoms with Gasteiger partial charge in [0.2, 0.25) is 0 Å². The molecule has 0 radical (unpaired) electrons. The zero-order valence-corrected chi connectivity index (χ0v) is 10.1. The minimum atomic E-state index is 0.551. The molecule has 16 heavy (non-hydrogen) atoms. The third-order valence-electron chi connectivity index (χ3n) is 2.57. The van der Waals surface area contributed by atoms with Crippen LogP contribution in [0.3, 0.4) is 0 Å². The number of aldehydes is 1. The maximum atomic E-state index is 10.2. The van der Waals surface area contributed by atoms with Crippen molar-refractivity contribution in [3.05, 3.63) is 24.3 Å². The number of hydrogen-bond donors (Lipinski definition) is 1.